The minimum absolute atomic E-state index is 0.108. The lowest BCUT2D eigenvalue weighted by Gasteiger charge is -2.36. The topological polar surface area (TPSA) is 50.4 Å². The molecule has 0 radical (unpaired) electrons. The molecule has 2 heterocycles. The molecular weight excluding hydrogens is 248 g/mol. The Morgan fingerprint density at radius 2 is 2.33 bits per heavy atom. The zero-order chi connectivity index (χ0) is 12.8. The summed E-state index contributed by atoms with van der Waals surface area (Å²) in [5, 5.41) is 8.75. The van der Waals surface area contributed by atoms with Crippen molar-refractivity contribution in [1.82, 2.24) is 10.6 Å². The molecule has 4 nitrogen and oxygen atoms in total. The van der Waals surface area contributed by atoms with Crippen LogP contribution >= 0.6 is 11.3 Å². The van der Waals surface area contributed by atoms with E-state index in [9.17, 15) is 4.79 Å². The van der Waals surface area contributed by atoms with E-state index in [0.717, 1.165) is 32.5 Å². The lowest BCUT2D eigenvalue weighted by atomic mass is 9.88. The van der Waals surface area contributed by atoms with Crippen LogP contribution in [0.5, 0.6) is 0 Å². The van der Waals surface area contributed by atoms with Crippen LogP contribution in [0.3, 0.4) is 0 Å². The van der Waals surface area contributed by atoms with Gasteiger partial charge in [0.25, 0.3) is 0 Å². The molecule has 0 spiro atoms. The van der Waals surface area contributed by atoms with Gasteiger partial charge in [0.1, 0.15) is 5.54 Å². The zero-order valence-electron chi connectivity index (χ0n) is 10.7. The molecule has 1 aromatic heterocycles. The average Bonchev–Trinajstić information content (AvgIpc) is 2.91. The highest BCUT2D eigenvalue weighted by Crippen LogP contribution is 2.22. The van der Waals surface area contributed by atoms with Gasteiger partial charge >= 0.3 is 5.97 Å². The fourth-order valence-corrected chi connectivity index (χ4v) is 2.89. The standard InChI is InChI=1S/C13H20N2O2S/c1-2-17-12(16)13(5-7-14-8-6-13)15-10-11-4-3-9-18-11/h3-4,9,14-15H,2,5-8,10H2,1H3. The van der Waals surface area contributed by atoms with E-state index in [0.29, 0.717) is 6.61 Å². The van der Waals surface area contributed by atoms with Gasteiger partial charge in [-0.05, 0) is 44.3 Å². The Hall–Kier alpha value is -0.910. The summed E-state index contributed by atoms with van der Waals surface area (Å²) in [6.07, 6.45) is 1.58. The van der Waals surface area contributed by atoms with Crippen molar-refractivity contribution in [3.05, 3.63) is 22.4 Å². The van der Waals surface area contributed by atoms with Gasteiger partial charge in [0.15, 0.2) is 0 Å². The van der Waals surface area contributed by atoms with E-state index in [-0.39, 0.29) is 5.97 Å². The van der Waals surface area contributed by atoms with Gasteiger partial charge in [-0.1, -0.05) is 6.07 Å². The minimum atomic E-state index is -0.509. The molecule has 0 bridgehead atoms. The average molecular weight is 268 g/mol. The summed E-state index contributed by atoms with van der Waals surface area (Å²) >= 11 is 1.71. The first-order chi connectivity index (χ1) is 8.77. The molecule has 0 amide bonds. The molecule has 5 heteroatoms. The van der Waals surface area contributed by atoms with Gasteiger partial charge in [-0.15, -0.1) is 11.3 Å². The molecule has 18 heavy (non-hydrogen) atoms. The van der Waals surface area contributed by atoms with Crippen molar-refractivity contribution in [2.45, 2.75) is 31.8 Å². The van der Waals surface area contributed by atoms with E-state index in [1.54, 1.807) is 11.3 Å². The van der Waals surface area contributed by atoms with Crippen LogP contribution in [0, 0.1) is 0 Å². The molecule has 1 saturated heterocycles. The van der Waals surface area contributed by atoms with Crippen LogP contribution in [0.4, 0.5) is 0 Å². The van der Waals surface area contributed by atoms with Crippen LogP contribution in [-0.2, 0) is 16.1 Å². The maximum absolute atomic E-state index is 12.2. The highest BCUT2D eigenvalue weighted by Gasteiger charge is 2.40. The van der Waals surface area contributed by atoms with Crippen molar-refractivity contribution in [2.24, 2.45) is 0 Å². The third-order valence-electron chi connectivity index (χ3n) is 3.30. The van der Waals surface area contributed by atoms with Gasteiger partial charge in [-0.3, -0.25) is 10.1 Å². The van der Waals surface area contributed by atoms with Crippen molar-refractivity contribution < 1.29 is 9.53 Å². The maximum Gasteiger partial charge on any atom is 0.326 e. The first-order valence-corrected chi connectivity index (χ1v) is 7.30. The maximum atomic E-state index is 12.2. The van der Waals surface area contributed by atoms with Crippen LogP contribution in [0.25, 0.3) is 0 Å². The molecule has 1 aliphatic rings. The van der Waals surface area contributed by atoms with Crippen molar-refractivity contribution in [1.29, 1.82) is 0 Å². The summed E-state index contributed by atoms with van der Waals surface area (Å²) in [5.41, 5.74) is -0.509. The molecule has 1 aromatic rings. The van der Waals surface area contributed by atoms with Gasteiger partial charge in [-0.2, -0.15) is 0 Å². The Kier molecular flexibility index (Phi) is 4.74. The van der Waals surface area contributed by atoms with Gasteiger partial charge in [-0.25, -0.2) is 0 Å². The summed E-state index contributed by atoms with van der Waals surface area (Å²) in [6, 6.07) is 4.11. The van der Waals surface area contributed by atoms with Crippen molar-refractivity contribution in [3.63, 3.8) is 0 Å². The Morgan fingerprint density at radius 3 is 2.94 bits per heavy atom. The predicted octanol–water partition coefficient (Wildman–Crippen LogP) is 1.52. The molecule has 100 valence electrons. The quantitative estimate of drug-likeness (QED) is 0.795. The molecule has 0 aromatic carbocycles. The Labute approximate surface area is 112 Å². The number of thiophene rings is 1. The molecule has 0 unspecified atom stereocenters. The van der Waals surface area contributed by atoms with E-state index >= 15 is 0 Å². The van der Waals surface area contributed by atoms with E-state index in [1.807, 2.05) is 13.0 Å². The van der Waals surface area contributed by atoms with Crippen molar-refractivity contribution >= 4 is 17.3 Å². The predicted molar refractivity (Wildman–Crippen MR) is 72.6 cm³/mol. The molecule has 2 N–H and O–H groups in total. The lowest BCUT2D eigenvalue weighted by molar-refractivity contribution is -0.152. The van der Waals surface area contributed by atoms with Crippen LogP contribution in [0.1, 0.15) is 24.6 Å². The van der Waals surface area contributed by atoms with Gasteiger partial charge in [0, 0.05) is 11.4 Å². The van der Waals surface area contributed by atoms with Gasteiger partial charge in [0.05, 0.1) is 6.61 Å². The minimum Gasteiger partial charge on any atom is -0.465 e. The Bertz CT molecular complexity index is 372. The molecule has 1 fully saturated rings. The summed E-state index contributed by atoms with van der Waals surface area (Å²) in [6.45, 7) is 4.74. The van der Waals surface area contributed by atoms with Crippen molar-refractivity contribution in [3.8, 4) is 0 Å². The third kappa shape index (κ3) is 3.10. The summed E-state index contributed by atoms with van der Waals surface area (Å²) < 4.78 is 5.23. The zero-order valence-corrected chi connectivity index (χ0v) is 11.5. The number of hydrogen-bond donors (Lipinski definition) is 2. The number of hydrogen-bond acceptors (Lipinski definition) is 5. The number of carbonyl (C=O) groups is 1. The van der Waals surface area contributed by atoms with Gasteiger partial charge < -0.3 is 10.1 Å². The van der Waals surface area contributed by atoms with E-state index < -0.39 is 5.54 Å². The molecule has 0 atom stereocenters. The molecule has 1 aliphatic heterocycles. The van der Waals surface area contributed by atoms with Crippen LogP contribution < -0.4 is 10.6 Å². The van der Waals surface area contributed by atoms with Gasteiger partial charge in [0.2, 0.25) is 0 Å². The van der Waals surface area contributed by atoms with E-state index in [1.165, 1.54) is 4.88 Å². The highest BCUT2D eigenvalue weighted by atomic mass is 32.1. The number of esters is 1. The van der Waals surface area contributed by atoms with E-state index in [2.05, 4.69) is 22.1 Å². The summed E-state index contributed by atoms with van der Waals surface area (Å²) in [7, 11) is 0. The Balaban J connectivity index is 2.01. The molecular formula is C13H20N2O2S. The smallest absolute Gasteiger partial charge is 0.326 e. The SMILES string of the molecule is CCOC(=O)C1(NCc2cccs2)CCNCC1. The first-order valence-electron chi connectivity index (χ1n) is 6.42. The molecule has 0 saturated carbocycles. The monoisotopic (exact) mass is 268 g/mol. The number of nitrogens with one attached hydrogen (secondary N) is 2. The van der Waals surface area contributed by atoms with Crippen LogP contribution in [-0.4, -0.2) is 31.2 Å². The fraction of sp³-hybridized carbons (Fsp3) is 0.615. The Morgan fingerprint density at radius 1 is 1.56 bits per heavy atom. The summed E-state index contributed by atoms with van der Waals surface area (Å²) in [4.78, 5) is 13.4. The number of ether oxygens (including phenoxy) is 1. The highest BCUT2D eigenvalue weighted by molar-refractivity contribution is 7.09. The summed E-state index contributed by atoms with van der Waals surface area (Å²) in [5.74, 6) is -0.108. The normalized spacial score (nSPS) is 18.5. The fourth-order valence-electron chi connectivity index (χ4n) is 2.25. The first kappa shape index (κ1) is 13.5. The molecule has 2 rings (SSSR count). The second-order valence-corrected chi connectivity index (χ2v) is 5.52. The second kappa shape index (κ2) is 6.31. The largest absolute Gasteiger partial charge is 0.465 e. The van der Waals surface area contributed by atoms with Crippen LogP contribution in [0.2, 0.25) is 0 Å². The number of piperidine rings is 1. The third-order valence-corrected chi connectivity index (χ3v) is 4.18. The number of rotatable bonds is 5. The lowest BCUT2D eigenvalue weighted by Crippen LogP contribution is -2.58. The van der Waals surface area contributed by atoms with Crippen molar-refractivity contribution in [2.75, 3.05) is 19.7 Å². The second-order valence-electron chi connectivity index (χ2n) is 4.49. The number of carbonyl (C=O) groups excluding carboxylic acids is 1. The van der Waals surface area contributed by atoms with E-state index in [4.69, 9.17) is 4.74 Å². The van der Waals surface area contributed by atoms with Crippen LogP contribution in [0.15, 0.2) is 17.5 Å². The molecule has 0 aliphatic carbocycles.